The number of nitrogens with one attached hydrogen (secondary N) is 2. The van der Waals surface area contributed by atoms with Crippen LogP contribution in [0.15, 0.2) is 41.3 Å². The van der Waals surface area contributed by atoms with Crippen LogP contribution in [0.1, 0.15) is 53.6 Å². The average molecular weight is 499 g/mol. The lowest BCUT2D eigenvalue weighted by molar-refractivity contribution is -0.114. The van der Waals surface area contributed by atoms with Gasteiger partial charge in [-0.05, 0) is 81.0 Å². The molecule has 2 amide bonds. The summed E-state index contributed by atoms with van der Waals surface area (Å²) in [7, 11) is -3.58. The first-order chi connectivity index (χ1) is 16.8. The molecule has 0 bridgehead atoms. The normalized spacial score (nSPS) is 16.8. The molecule has 0 unspecified atom stereocenters. The second kappa shape index (κ2) is 10.8. The van der Waals surface area contributed by atoms with Crippen molar-refractivity contribution >= 4 is 33.2 Å². The van der Waals surface area contributed by atoms with E-state index in [2.05, 4.69) is 10.6 Å². The van der Waals surface area contributed by atoms with Crippen LogP contribution in [-0.2, 0) is 14.8 Å². The number of likely N-dealkylation sites (tertiary alicyclic amines) is 1. The number of aryl methyl sites for hydroxylation is 2. The topological polar surface area (TPSA) is 98.8 Å². The van der Waals surface area contributed by atoms with E-state index >= 15 is 0 Å². The van der Waals surface area contributed by atoms with Crippen LogP contribution in [0.3, 0.4) is 0 Å². The first kappa shape index (κ1) is 25.2. The molecule has 2 fully saturated rings. The lowest BCUT2D eigenvalue weighted by Gasteiger charge is -2.26. The van der Waals surface area contributed by atoms with Gasteiger partial charge in [0.05, 0.1) is 11.4 Å². The number of carbonyl (C=O) groups excluding carboxylic acids is 2. The monoisotopic (exact) mass is 498 g/mol. The Morgan fingerprint density at radius 3 is 2.20 bits per heavy atom. The molecule has 4 rings (SSSR count). The molecule has 0 radical (unpaired) electrons. The summed E-state index contributed by atoms with van der Waals surface area (Å²) < 4.78 is 27.6. The van der Waals surface area contributed by atoms with Gasteiger partial charge in [-0.15, -0.1) is 0 Å². The van der Waals surface area contributed by atoms with E-state index in [9.17, 15) is 18.0 Å². The predicted octanol–water partition coefficient (Wildman–Crippen LogP) is 3.76. The lowest BCUT2D eigenvalue weighted by atomic mass is 10.1. The molecule has 2 N–H and O–H groups in total. The number of hydrogen-bond acceptors (Lipinski definition) is 5. The lowest BCUT2D eigenvalue weighted by Crippen LogP contribution is -2.35. The summed E-state index contributed by atoms with van der Waals surface area (Å²) in [5, 5.41) is 5.96. The van der Waals surface area contributed by atoms with E-state index in [1.165, 1.54) is 4.31 Å². The Balaban J connectivity index is 1.39. The van der Waals surface area contributed by atoms with E-state index in [1.807, 2.05) is 30.9 Å². The Hall–Kier alpha value is -2.91. The number of benzene rings is 2. The molecule has 0 atom stereocenters. The molecule has 9 heteroatoms. The summed E-state index contributed by atoms with van der Waals surface area (Å²) in [5.74, 6) is -0.234. The maximum atomic E-state index is 13.0. The van der Waals surface area contributed by atoms with Crippen LogP contribution in [-0.4, -0.2) is 62.2 Å². The van der Waals surface area contributed by atoms with Crippen molar-refractivity contribution in [3.05, 3.63) is 53.1 Å². The summed E-state index contributed by atoms with van der Waals surface area (Å²) in [6.07, 6.45) is 4.88. The highest BCUT2D eigenvalue weighted by atomic mass is 32.2. The Labute approximate surface area is 207 Å². The third kappa shape index (κ3) is 5.85. The fraction of sp³-hybridized carbons (Fsp3) is 0.462. The average Bonchev–Trinajstić information content (AvgIpc) is 3.39. The first-order valence-corrected chi connectivity index (χ1v) is 13.7. The van der Waals surface area contributed by atoms with Crippen molar-refractivity contribution in [2.45, 2.75) is 50.8 Å². The number of amides is 2. The van der Waals surface area contributed by atoms with Crippen LogP contribution in [0.5, 0.6) is 0 Å². The van der Waals surface area contributed by atoms with E-state index in [0.717, 1.165) is 62.0 Å². The van der Waals surface area contributed by atoms with Crippen molar-refractivity contribution in [3.8, 4) is 0 Å². The Bertz CT molecular complexity index is 1200. The zero-order valence-corrected chi connectivity index (χ0v) is 21.3. The van der Waals surface area contributed by atoms with Crippen LogP contribution in [0.2, 0.25) is 0 Å². The molecule has 2 aromatic rings. The molecular formula is C26H34N4O4S. The highest BCUT2D eigenvalue weighted by molar-refractivity contribution is 7.89. The summed E-state index contributed by atoms with van der Waals surface area (Å²) in [6.45, 7) is 6.42. The number of carbonyl (C=O) groups is 2. The minimum absolute atomic E-state index is 0.0167. The van der Waals surface area contributed by atoms with Crippen molar-refractivity contribution in [2.24, 2.45) is 0 Å². The number of sulfonamides is 1. The third-order valence-electron chi connectivity index (χ3n) is 6.74. The Morgan fingerprint density at radius 1 is 0.829 bits per heavy atom. The number of rotatable bonds is 7. The quantitative estimate of drug-likeness (QED) is 0.606. The summed E-state index contributed by atoms with van der Waals surface area (Å²) >= 11 is 0. The largest absolute Gasteiger partial charge is 0.376 e. The van der Waals surface area contributed by atoms with Crippen molar-refractivity contribution in [2.75, 3.05) is 43.4 Å². The van der Waals surface area contributed by atoms with Crippen LogP contribution < -0.4 is 10.6 Å². The SMILES string of the molecule is Cc1cc(C(=O)N2CCCC2)ccc1NCC(=O)Nc1cc(S(=O)(=O)N2CCCCC2)ccc1C. The summed E-state index contributed by atoms with van der Waals surface area (Å²) in [4.78, 5) is 27.3. The molecule has 2 aliphatic heterocycles. The molecule has 2 aromatic carbocycles. The number of piperidine rings is 1. The van der Waals surface area contributed by atoms with Gasteiger partial charge in [0.15, 0.2) is 0 Å². The van der Waals surface area contributed by atoms with Crippen LogP contribution in [0, 0.1) is 13.8 Å². The van der Waals surface area contributed by atoms with Crippen molar-refractivity contribution in [1.29, 1.82) is 0 Å². The zero-order chi connectivity index (χ0) is 25.0. The van der Waals surface area contributed by atoms with E-state index < -0.39 is 10.0 Å². The smallest absolute Gasteiger partial charge is 0.253 e. The number of hydrogen-bond donors (Lipinski definition) is 2. The standard InChI is InChI=1S/C26H34N4O4S/c1-19-8-10-22(35(33,34)30-14-4-3-5-15-30)17-24(19)28-25(31)18-27-23-11-9-21(16-20(23)2)26(32)29-12-6-7-13-29/h8-11,16-17,27H,3-7,12-15,18H2,1-2H3,(H,28,31). The molecular weight excluding hydrogens is 464 g/mol. The second-order valence-electron chi connectivity index (χ2n) is 9.37. The molecule has 2 aliphatic rings. The minimum Gasteiger partial charge on any atom is -0.376 e. The first-order valence-electron chi connectivity index (χ1n) is 12.3. The molecule has 0 aromatic heterocycles. The van der Waals surface area contributed by atoms with E-state index in [0.29, 0.717) is 24.3 Å². The predicted molar refractivity (Wildman–Crippen MR) is 137 cm³/mol. The van der Waals surface area contributed by atoms with Crippen LogP contribution in [0.4, 0.5) is 11.4 Å². The van der Waals surface area contributed by atoms with Gasteiger partial charge in [0.25, 0.3) is 5.91 Å². The molecule has 2 saturated heterocycles. The fourth-order valence-corrected chi connectivity index (χ4v) is 6.16. The van der Waals surface area contributed by atoms with Gasteiger partial charge >= 0.3 is 0 Å². The van der Waals surface area contributed by atoms with Crippen molar-refractivity contribution in [3.63, 3.8) is 0 Å². The summed E-state index contributed by atoms with van der Waals surface area (Å²) in [6, 6.07) is 10.3. The van der Waals surface area contributed by atoms with Gasteiger partial charge in [-0.1, -0.05) is 12.5 Å². The van der Waals surface area contributed by atoms with Gasteiger partial charge in [-0.3, -0.25) is 9.59 Å². The molecule has 35 heavy (non-hydrogen) atoms. The molecule has 0 aliphatic carbocycles. The van der Waals surface area contributed by atoms with Gasteiger partial charge < -0.3 is 15.5 Å². The Morgan fingerprint density at radius 2 is 1.51 bits per heavy atom. The third-order valence-corrected chi connectivity index (χ3v) is 8.64. The van der Waals surface area contributed by atoms with E-state index in [-0.39, 0.29) is 23.3 Å². The second-order valence-corrected chi connectivity index (χ2v) is 11.3. The molecule has 2 heterocycles. The number of nitrogens with zero attached hydrogens (tertiary/aromatic N) is 2. The van der Waals surface area contributed by atoms with Crippen molar-refractivity contribution in [1.82, 2.24) is 9.21 Å². The van der Waals surface area contributed by atoms with Crippen LogP contribution >= 0.6 is 0 Å². The fourth-order valence-electron chi connectivity index (χ4n) is 4.62. The molecule has 0 spiro atoms. The molecule has 8 nitrogen and oxygen atoms in total. The Kier molecular flexibility index (Phi) is 7.76. The molecule has 188 valence electrons. The van der Waals surface area contributed by atoms with Crippen LogP contribution in [0.25, 0.3) is 0 Å². The molecule has 0 saturated carbocycles. The maximum Gasteiger partial charge on any atom is 0.253 e. The van der Waals surface area contributed by atoms with Gasteiger partial charge in [0.2, 0.25) is 15.9 Å². The summed E-state index contributed by atoms with van der Waals surface area (Å²) in [5.41, 5.74) is 3.58. The van der Waals surface area contributed by atoms with E-state index in [1.54, 1.807) is 24.3 Å². The van der Waals surface area contributed by atoms with Gasteiger partial charge in [-0.25, -0.2) is 8.42 Å². The maximum absolute atomic E-state index is 13.0. The van der Waals surface area contributed by atoms with Gasteiger partial charge in [-0.2, -0.15) is 4.31 Å². The van der Waals surface area contributed by atoms with E-state index in [4.69, 9.17) is 0 Å². The van der Waals surface area contributed by atoms with Gasteiger partial charge in [0.1, 0.15) is 0 Å². The highest BCUT2D eigenvalue weighted by Crippen LogP contribution is 2.25. The van der Waals surface area contributed by atoms with Gasteiger partial charge in [0, 0.05) is 43.1 Å². The highest BCUT2D eigenvalue weighted by Gasteiger charge is 2.26. The zero-order valence-electron chi connectivity index (χ0n) is 20.5. The van der Waals surface area contributed by atoms with Crippen molar-refractivity contribution < 1.29 is 18.0 Å². The number of anilines is 2. The minimum atomic E-state index is -3.58.